The fraction of sp³-hybridized carbons (Fsp3) is 0.625. The van der Waals surface area contributed by atoms with Crippen LogP contribution in [-0.4, -0.2) is 28.7 Å². The molecule has 6 heteroatoms. The number of aromatic nitrogens is 2. The fourth-order valence-electron chi connectivity index (χ4n) is 1.39. The molecule has 1 saturated heterocycles. The Kier molecular flexibility index (Phi) is 3.05. The number of carbonyl (C=O) groups excluding carboxylic acids is 1. The van der Waals surface area contributed by atoms with Gasteiger partial charge >= 0.3 is 0 Å². The Morgan fingerprint density at radius 3 is 3.29 bits per heavy atom. The van der Waals surface area contributed by atoms with Gasteiger partial charge in [-0.05, 0) is 12.8 Å². The van der Waals surface area contributed by atoms with Crippen LogP contribution in [-0.2, 0) is 9.53 Å². The second kappa shape index (κ2) is 4.47. The van der Waals surface area contributed by atoms with Gasteiger partial charge in [0.1, 0.15) is 5.00 Å². The number of ether oxygens (including phenoxy) is 1. The van der Waals surface area contributed by atoms with Gasteiger partial charge in [-0.15, -0.1) is 5.10 Å². The molecular weight excluding hydrogens is 202 g/mol. The summed E-state index contributed by atoms with van der Waals surface area (Å²) in [6.45, 7) is 1.30. The summed E-state index contributed by atoms with van der Waals surface area (Å²) in [6, 6.07) is 0. The van der Waals surface area contributed by atoms with Gasteiger partial charge < -0.3 is 10.1 Å². The molecular formula is C8H11N3O2S. The highest BCUT2D eigenvalue weighted by molar-refractivity contribution is 7.10. The number of carbonyl (C=O) groups is 1. The van der Waals surface area contributed by atoms with Crippen molar-refractivity contribution in [2.24, 2.45) is 5.92 Å². The first-order chi connectivity index (χ1) is 6.86. The van der Waals surface area contributed by atoms with Crippen molar-refractivity contribution in [2.75, 3.05) is 18.5 Å². The number of amides is 1. The van der Waals surface area contributed by atoms with Crippen LogP contribution in [0.5, 0.6) is 0 Å². The Morgan fingerprint density at radius 1 is 1.71 bits per heavy atom. The summed E-state index contributed by atoms with van der Waals surface area (Å²) in [5.41, 5.74) is 0. The first kappa shape index (κ1) is 9.54. The van der Waals surface area contributed by atoms with Gasteiger partial charge in [-0.25, -0.2) is 0 Å². The lowest BCUT2D eigenvalue weighted by Gasteiger charge is -2.20. The molecule has 0 saturated carbocycles. The molecule has 0 aliphatic carbocycles. The number of rotatable bonds is 2. The number of nitrogens with one attached hydrogen (secondary N) is 1. The lowest BCUT2D eigenvalue weighted by molar-refractivity contribution is -0.123. The molecule has 0 spiro atoms. The van der Waals surface area contributed by atoms with Crippen LogP contribution in [0.25, 0.3) is 0 Å². The van der Waals surface area contributed by atoms with E-state index in [2.05, 4.69) is 14.9 Å². The van der Waals surface area contributed by atoms with Crippen LogP contribution in [0.1, 0.15) is 12.8 Å². The molecule has 1 aliphatic rings. The Balaban J connectivity index is 1.88. The quantitative estimate of drug-likeness (QED) is 0.792. The highest BCUT2D eigenvalue weighted by Crippen LogP contribution is 2.17. The summed E-state index contributed by atoms with van der Waals surface area (Å²) >= 11 is 1.18. The van der Waals surface area contributed by atoms with E-state index in [0.717, 1.165) is 19.4 Å². The van der Waals surface area contributed by atoms with Crippen LogP contribution in [0.2, 0.25) is 0 Å². The van der Waals surface area contributed by atoms with E-state index in [-0.39, 0.29) is 11.8 Å². The van der Waals surface area contributed by atoms with E-state index in [9.17, 15) is 4.79 Å². The zero-order chi connectivity index (χ0) is 9.80. The smallest absolute Gasteiger partial charge is 0.230 e. The molecule has 1 aromatic rings. The van der Waals surface area contributed by atoms with Gasteiger partial charge in [0, 0.05) is 18.1 Å². The van der Waals surface area contributed by atoms with Crippen molar-refractivity contribution in [3.63, 3.8) is 0 Å². The molecule has 1 N–H and O–H groups in total. The lowest BCUT2D eigenvalue weighted by atomic mass is 10.0. The average Bonchev–Trinajstić information content (AvgIpc) is 2.72. The Labute approximate surface area is 85.6 Å². The zero-order valence-corrected chi connectivity index (χ0v) is 8.42. The van der Waals surface area contributed by atoms with Gasteiger partial charge in [-0.3, -0.25) is 4.79 Å². The third-order valence-corrected chi connectivity index (χ3v) is 2.72. The van der Waals surface area contributed by atoms with Crippen molar-refractivity contribution >= 4 is 22.4 Å². The van der Waals surface area contributed by atoms with Crippen LogP contribution in [0, 0.1) is 5.92 Å². The maximum atomic E-state index is 11.6. The maximum Gasteiger partial charge on any atom is 0.230 e. The summed E-state index contributed by atoms with van der Waals surface area (Å²) in [5, 5.41) is 7.10. The van der Waals surface area contributed by atoms with Crippen molar-refractivity contribution in [2.45, 2.75) is 12.8 Å². The molecule has 1 amide bonds. The van der Waals surface area contributed by atoms with E-state index in [1.807, 2.05) is 0 Å². The molecule has 0 aromatic carbocycles. The zero-order valence-electron chi connectivity index (χ0n) is 7.60. The summed E-state index contributed by atoms with van der Waals surface area (Å²) in [4.78, 5) is 11.6. The number of nitrogens with zero attached hydrogens (tertiary/aromatic N) is 2. The topological polar surface area (TPSA) is 64.1 Å². The predicted octanol–water partition coefficient (Wildman–Crippen LogP) is 0.903. The average molecular weight is 213 g/mol. The molecule has 5 nitrogen and oxygen atoms in total. The SMILES string of the molecule is O=C(Nc1cnns1)[C@H]1CCCOC1. The van der Waals surface area contributed by atoms with E-state index in [4.69, 9.17) is 4.74 Å². The highest BCUT2D eigenvalue weighted by atomic mass is 32.1. The van der Waals surface area contributed by atoms with E-state index in [1.54, 1.807) is 6.20 Å². The van der Waals surface area contributed by atoms with Crippen LogP contribution in [0.4, 0.5) is 5.00 Å². The summed E-state index contributed by atoms with van der Waals surface area (Å²) in [5.74, 6) is -0.0124. The van der Waals surface area contributed by atoms with E-state index in [1.165, 1.54) is 11.5 Å². The molecule has 0 bridgehead atoms. The van der Waals surface area contributed by atoms with Gasteiger partial charge in [-0.1, -0.05) is 4.49 Å². The lowest BCUT2D eigenvalue weighted by Crippen LogP contribution is -2.29. The number of hydrogen-bond acceptors (Lipinski definition) is 5. The van der Waals surface area contributed by atoms with Gasteiger partial charge in [0.25, 0.3) is 0 Å². The molecule has 1 fully saturated rings. The highest BCUT2D eigenvalue weighted by Gasteiger charge is 2.21. The van der Waals surface area contributed by atoms with E-state index >= 15 is 0 Å². The summed E-state index contributed by atoms with van der Waals surface area (Å²) in [6.07, 6.45) is 3.41. The number of hydrogen-bond donors (Lipinski definition) is 1. The second-order valence-electron chi connectivity index (χ2n) is 3.19. The predicted molar refractivity (Wildman–Crippen MR) is 52.1 cm³/mol. The summed E-state index contributed by atoms with van der Waals surface area (Å²) in [7, 11) is 0. The third kappa shape index (κ3) is 2.27. The second-order valence-corrected chi connectivity index (χ2v) is 3.97. The molecule has 0 radical (unpaired) electrons. The van der Waals surface area contributed by atoms with Crippen molar-refractivity contribution < 1.29 is 9.53 Å². The van der Waals surface area contributed by atoms with Gasteiger partial charge in [-0.2, -0.15) is 0 Å². The Bertz CT molecular complexity index is 296. The van der Waals surface area contributed by atoms with Crippen LogP contribution in [0.15, 0.2) is 6.20 Å². The first-order valence-electron chi connectivity index (χ1n) is 4.52. The minimum absolute atomic E-state index is 0.00995. The van der Waals surface area contributed by atoms with E-state index < -0.39 is 0 Å². The van der Waals surface area contributed by atoms with E-state index in [0.29, 0.717) is 11.6 Å². The van der Waals surface area contributed by atoms with Crippen molar-refractivity contribution in [3.8, 4) is 0 Å². The molecule has 2 rings (SSSR count). The largest absolute Gasteiger partial charge is 0.381 e. The molecule has 1 atom stereocenters. The molecule has 14 heavy (non-hydrogen) atoms. The van der Waals surface area contributed by atoms with Crippen molar-refractivity contribution in [1.82, 2.24) is 9.59 Å². The van der Waals surface area contributed by atoms with Crippen molar-refractivity contribution in [1.29, 1.82) is 0 Å². The van der Waals surface area contributed by atoms with Gasteiger partial charge in [0.2, 0.25) is 5.91 Å². The number of anilines is 1. The normalized spacial score (nSPS) is 21.9. The molecule has 76 valence electrons. The van der Waals surface area contributed by atoms with Crippen LogP contribution in [0.3, 0.4) is 0 Å². The van der Waals surface area contributed by atoms with Gasteiger partial charge in [0.15, 0.2) is 0 Å². The Morgan fingerprint density at radius 2 is 2.64 bits per heavy atom. The van der Waals surface area contributed by atoms with Crippen molar-refractivity contribution in [3.05, 3.63) is 6.20 Å². The van der Waals surface area contributed by atoms with Crippen LogP contribution >= 0.6 is 11.5 Å². The maximum absolute atomic E-state index is 11.6. The molecule has 2 heterocycles. The standard InChI is InChI=1S/C8H11N3O2S/c12-8(6-2-1-3-13-5-6)10-7-4-9-11-14-7/h4,6H,1-3,5H2,(H,10,12)/t6-/m0/s1. The minimum atomic E-state index is -0.0224. The molecule has 1 aromatic heterocycles. The van der Waals surface area contributed by atoms with Crippen LogP contribution < -0.4 is 5.32 Å². The van der Waals surface area contributed by atoms with Gasteiger partial charge in [0.05, 0.1) is 18.7 Å². The minimum Gasteiger partial charge on any atom is -0.381 e. The monoisotopic (exact) mass is 213 g/mol. The molecule has 1 aliphatic heterocycles. The Hall–Kier alpha value is -1.01. The third-order valence-electron chi connectivity index (χ3n) is 2.14. The summed E-state index contributed by atoms with van der Waals surface area (Å²) < 4.78 is 8.90. The fourth-order valence-corrected chi connectivity index (χ4v) is 1.82. The molecule has 0 unspecified atom stereocenters. The first-order valence-corrected chi connectivity index (χ1v) is 5.29.